The Labute approximate surface area is 151 Å². The maximum absolute atomic E-state index is 12.2. The van der Waals surface area contributed by atoms with E-state index in [9.17, 15) is 9.66 Å². The number of hydrogen-bond acceptors (Lipinski definition) is 6. The molecular formula is C16H14ClN3O2S2. The van der Waals surface area contributed by atoms with E-state index in [4.69, 9.17) is 11.6 Å². The fourth-order valence-electron chi connectivity index (χ4n) is 2.01. The molecule has 1 atom stereocenters. The second kappa shape index (κ2) is 7.76. The number of nitrogens with one attached hydrogen (secondary N) is 2. The average molecular weight is 380 g/mol. The zero-order chi connectivity index (χ0) is 16.9. The van der Waals surface area contributed by atoms with Gasteiger partial charge in [-0.05, 0) is 30.3 Å². The smallest absolute Gasteiger partial charge is 0.226 e. The first-order valence-electron chi connectivity index (χ1n) is 7.01. The minimum atomic E-state index is -1.36. The molecule has 0 radical (unpaired) electrons. The normalized spacial score (nSPS) is 11.9. The lowest BCUT2D eigenvalue weighted by atomic mass is 10.2. The molecule has 2 aromatic carbocycles. The molecule has 3 aromatic rings. The van der Waals surface area contributed by atoms with E-state index < -0.39 is 11.4 Å². The van der Waals surface area contributed by atoms with Gasteiger partial charge in [0.2, 0.25) is 5.13 Å². The van der Waals surface area contributed by atoms with Crippen LogP contribution in [0, 0.1) is 0 Å². The Balaban J connectivity index is 1.61. The standard InChI is InChI=1S/C16H14ClN3O2S2/c17-14-3-1-2-11(15(14)21)10-19-12-4-6-13(7-5-12)24(22)20-16-18-8-9-23-16/h1-9,19,21H,10H2,(H,18,20). The molecule has 0 saturated carbocycles. The first-order valence-corrected chi connectivity index (χ1v) is 9.42. The zero-order valence-electron chi connectivity index (χ0n) is 12.4. The van der Waals surface area contributed by atoms with E-state index >= 15 is 0 Å². The van der Waals surface area contributed by atoms with Gasteiger partial charge in [0.15, 0.2) is 4.90 Å². The van der Waals surface area contributed by atoms with Gasteiger partial charge in [-0.15, -0.1) is 11.3 Å². The van der Waals surface area contributed by atoms with Crippen molar-refractivity contribution in [3.05, 3.63) is 64.6 Å². The number of para-hydroxylation sites is 1. The number of rotatable bonds is 6. The van der Waals surface area contributed by atoms with Gasteiger partial charge in [-0.25, -0.2) is 4.98 Å². The largest absolute Gasteiger partial charge is 0.588 e. The lowest BCUT2D eigenvalue weighted by Crippen LogP contribution is -2.12. The summed E-state index contributed by atoms with van der Waals surface area (Å²) in [5.41, 5.74) is 1.56. The first kappa shape index (κ1) is 16.9. The van der Waals surface area contributed by atoms with Crippen LogP contribution in [0.4, 0.5) is 10.8 Å². The third kappa shape index (κ3) is 4.12. The number of halogens is 1. The molecule has 0 spiro atoms. The van der Waals surface area contributed by atoms with Crippen LogP contribution < -0.4 is 10.0 Å². The Morgan fingerprint density at radius 1 is 1.21 bits per heavy atom. The van der Waals surface area contributed by atoms with E-state index in [-0.39, 0.29) is 5.75 Å². The van der Waals surface area contributed by atoms with Gasteiger partial charge in [-0.1, -0.05) is 23.7 Å². The maximum Gasteiger partial charge on any atom is 0.226 e. The molecule has 1 heterocycles. The van der Waals surface area contributed by atoms with Gasteiger partial charge in [0.1, 0.15) is 17.1 Å². The third-order valence-corrected chi connectivity index (χ3v) is 5.44. The summed E-state index contributed by atoms with van der Waals surface area (Å²) in [5, 5.41) is 15.8. The molecule has 5 nitrogen and oxygen atoms in total. The van der Waals surface area contributed by atoms with Gasteiger partial charge in [-0.3, -0.25) is 0 Å². The molecular weight excluding hydrogens is 366 g/mol. The molecule has 0 aliphatic rings. The summed E-state index contributed by atoms with van der Waals surface area (Å²) in [5.74, 6) is 0.0806. The fraction of sp³-hybridized carbons (Fsp3) is 0.0625. The second-order valence-electron chi connectivity index (χ2n) is 4.83. The number of nitrogens with zero attached hydrogens (tertiary/aromatic N) is 1. The van der Waals surface area contributed by atoms with Crippen LogP contribution in [0.5, 0.6) is 5.75 Å². The molecule has 0 saturated heterocycles. The zero-order valence-corrected chi connectivity index (χ0v) is 14.8. The van der Waals surface area contributed by atoms with Crippen LogP contribution in [-0.2, 0) is 17.9 Å². The van der Waals surface area contributed by atoms with Gasteiger partial charge in [0.25, 0.3) is 0 Å². The maximum atomic E-state index is 12.2. The number of benzene rings is 2. The molecule has 1 aromatic heterocycles. The number of phenols is 1. The highest BCUT2D eigenvalue weighted by atomic mass is 35.5. The molecule has 0 amide bonds. The van der Waals surface area contributed by atoms with Gasteiger partial charge in [0.05, 0.1) is 5.02 Å². The fourth-order valence-corrected chi connectivity index (χ4v) is 3.71. The van der Waals surface area contributed by atoms with Crippen molar-refractivity contribution in [3.8, 4) is 5.75 Å². The Morgan fingerprint density at radius 2 is 2.00 bits per heavy atom. The SMILES string of the molecule is [O-][S+](Nc1nccs1)c1ccc(NCc2cccc(Cl)c2O)cc1. The summed E-state index contributed by atoms with van der Waals surface area (Å²) in [6.07, 6.45) is 1.66. The quantitative estimate of drug-likeness (QED) is 0.558. The Kier molecular flexibility index (Phi) is 5.47. The monoisotopic (exact) mass is 379 g/mol. The topological polar surface area (TPSA) is 80.2 Å². The van der Waals surface area contributed by atoms with E-state index in [1.165, 1.54) is 11.3 Å². The van der Waals surface area contributed by atoms with Crippen molar-refractivity contribution in [1.29, 1.82) is 0 Å². The van der Waals surface area contributed by atoms with Crippen molar-refractivity contribution in [3.63, 3.8) is 0 Å². The first-order chi connectivity index (χ1) is 11.6. The number of anilines is 2. The molecule has 0 bridgehead atoms. The van der Waals surface area contributed by atoms with Gasteiger partial charge in [-0.2, -0.15) is 4.72 Å². The Bertz CT molecular complexity index is 798. The van der Waals surface area contributed by atoms with E-state index in [0.717, 1.165) is 5.69 Å². The van der Waals surface area contributed by atoms with Crippen LogP contribution in [-0.4, -0.2) is 14.6 Å². The molecule has 3 rings (SSSR count). The number of aromatic nitrogens is 1. The van der Waals surface area contributed by atoms with E-state index in [2.05, 4.69) is 15.0 Å². The number of hydrogen-bond donors (Lipinski definition) is 3. The molecule has 1 unspecified atom stereocenters. The summed E-state index contributed by atoms with van der Waals surface area (Å²) < 4.78 is 15.0. The predicted octanol–water partition coefficient (Wildman–Crippen LogP) is 4.25. The van der Waals surface area contributed by atoms with Crippen molar-refractivity contribution in [2.45, 2.75) is 11.4 Å². The summed E-state index contributed by atoms with van der Waals surface area (Å²) in [7, 11) is 0. The van der Waals surface area contributed by atoms with Crippen molar-refractivity contribution in [2.75, 3.05) is 10.0 Å². The Hall–Kier alpha value is -1.93. The molecule has 0 aliphatic heterocycles. The van der Waals surface area contributed by atoms with E-state index in [0.29, 0.717) is 27.2 Å². The lowest BCUT2D eigenvalue weighted by Gasteiger charge is -2.11. The number of phenolic OH excluding ortho intramolecular Hbond substituents is 1. The molecule has 24 heavy (non-hydrogen) atoms. The van der Waals surface area contributed by atoms with Gasteiger partial charge < -0.3 is 15.0 Å². The summed E-state index contributed by atoms with van der Waals surface area (Å²) in [6.45, 7) is 0.437. The van der Waals surface area contributed by atoms with Crippen molar-refractivity contribution >= 4 is 45.1 Å². The summed E-state index contributed by atoms with van der Waals surface area (Å²) in [6, 6.07) is 12.4. The molecule has 3 N–H and O–H groups in total. The second-order valence-corrected chi connectivity index (χ2v) is 7.35. The van der Waals surface area contributed by atoms with E-state index in [1.807, 2.05) is 17.5 Å². The van der Waals surface area contributed by atoms with Gasteiger partial charge in [0, 0.05) is 29.4 Å². The van der Waals surface area contributed by atoms with Crippen LogP contribution >= 0.6 is 22.9 Å². The molecule has 124 valence electrons. The van der Waals surface area contributed by atoms with Crippen molar-refractivity contribution in [1.82, 2.24) is 4.98 Å². The van der Waals surface area contributed by atoms with Gasteiger partial charge >= 0.3 is 0 Å². The van der Waals surface area contributed by atoms with Crippen molar-refractivity contribution < 1.29 is 9.66 Å². The average Bonchev–Trinajstić information content (AvgIpc) is 3.09. The highest BCUT2D eigenvalue weighted by molar-refractivity contribution is 7.93. The Morgan fingerprint density at radius 3 is 2.71 bits per heavy atom. The highest BCUT2D eigenvalue weighted by Crippen LogP contribution is 2.27. The number of aromatic hydroxyl groups is 1. The van der Waals surface area contributed by atoms with Crippen LogP contribution in [0.2, 0.25) is 5.02 Å². The third-order valence-electron chi connectivity index (χ3n) is 3.23. The van der Waals surface area contributed by atoms with Crippen LogP contribution in [0.15, 0.2) is 58.9 Å². The number of thiazole rings is 1. The summed E-state index contributed by atoms with van der Waals surface area (Å²) in [4.78, 5) is 4.70. The highest BCUT2D eigenvalue weighted by Gasteiger charge is 2.13. The lowest BCUT2D eigenvalue weighted by molar-refractivity contribution is 0.469. The minimum absolute atomic E-state index is 0.0806. The minimum Gasteiger partial charge on any atom is -0.588 e. The molecule has 8 heteroatoms. The van der Waals surface area contributed by atoms with Crippen molar-refractivity contribution in [2.24, 2.45) is 0 Å². The van der Waals surface area contributed by atoms with Crippen LogP contribution in [0.25, 0.3) is 0 Å². The molecule has 0 aliphatic carbocycles. The van der Waals surface area contributed by atoms with Crippen LogP contribution in [0.3, 0.4) is 0 Å². The predicted molar refractivity (Wildman–Crippen MR) is 99.0 cm³/mol. The molecule has 0 fully saturated rings. The van der Waals surface area contributed by atoms with Crippen LogP contribution in [0.1, 0.15) is 5.56 Å². The summed E-state index contributed by atoms with van der Waals surface area (Å²) >= 11 is 5.93. The van der Waals surface area contributed by atoms with E-state index in [1.54, 1.807) is 36.5 Å².